The number of nitrogens with two attached hydrogens (primary N) is 1. The number of likely N-dealkylation sites (N-methyl/N-ethyl adjacent to an activating group) is 2. The highest BCUT2D eigenvalue weighted by atomic mass is 16.6. The molecule has 0 radical (unpaired) electrons. The first kappa shape index (κ1) is 55.1. The van der Waals surface area contributed by atoms with Gasteiger partial charge in [0.2, 0.25) is 17.7 Å². The fraction of sp³-hybridized carbons (Fsp3) is 0.600. The monoisotopic (exact) mass is 995 g/mol. The Morgan fingerprint density at radius 1 is 0.833 bits per heavy atom. The summed E-state index contributed by atoms with van der Waals surface area (Å²) in [5.74, 6) is -0.288. The third-order valence-electron chi connectivity index (χ3n) is 16.0. The maximum atomic E-state index is 13.6. The lowest BCUT2D eigenvalue weighted by atomic mass is 9.47. The average Bonchev–Trinajstić information content (AvgIpc) is 3.71. The number of ketones is 1. The van der Waals surface area contributed by atoms with Gasteiger partial charge < -0.3 is 46.3 Å². The first-order valence-corrected chi connectivity index (χ1v) is 25.9. The quantitative estimate of drug-likeness (QED) is 0.0603. The average molecular weight is 995 g/mol. The van der Waals surface area contributed by atoms with Gasteiger partial charge in [0, 0.05) is 77.0 Å². The summed E-state index contributed by atoms with van der Waals surface area (Å²) in [6.45, 7) is 12.6. The number of carbonyl (C=O) groups excluding carboxylic acids is 7. The molecule has 17 heteroatoms. The van der Waals surface area contributed by atoms with Gasteiger partial charge in [-0.25, -0.2) is 14.4 Å². The molecule has 2 saturated carbocycles. The number of nitrogens with one attached hydrogen (secondary N) is 4. The molecule has 72 heavy (non-hydrogen) atoms. The zero-order valence-corrected chi connectivity index (χ0v) is 43.6. The summed E-state index contributed by atoms with van der Waals surface area (Å²) in [7, 11) is 3.28. The first-order valence-electron chi connectivity index (χ1n) is 25.9. The van der Waals surface area contributed by atoms with Crippen molar-refractivity contribution in [3.63, 3.8) is 0 Å². The van der Waals surface area contributed by atoms with Crippen LogP contribution >= 0.6 is 0 Å². The van der Waals surface area contributed by atoms with E-state index in [4.69, 9.17) is 15.2 Å². The van der Waals surface area contributed by atoms with Crippen LogP contribution in [0.25, 0.3) is 5.57 Å². The van der Waals surface area contributed by atoms with Crippen LogP contribution in [0.2, 0.25) is 0 Å². The number of pyridine rings is 1. The molecule has 2 aromatic rings. The predicted octanol–water partition coefficient (Wildman–Crippen LogP) is 7.76. The van der Waals surface area contributed by atoms with E-state index in [9.17, 15) is 33.6 Å². The van der Waals surface area contributed by atoms with Crippen molar-refractivity contribution in [1.82, 2.24) is 30.7 Å². The van der Waals surface area contributed by atoms with Gasteiger partial charge in [0.15, 0.2) is 0 Å². The van der Waals surface area contributed by atoms with Crippen LogP contribution in [0.5, 0.6) is 0 Å². The van der Waals surface area contributed by atoms with Gasteiger partial charge in [0.25, 0.3) is 0 Å². The first-order chi connectivity index (χ1) is 34.2. The molecular weight excluding hydrogens is 917 g/mol. The molecule has 2 fully saturated rings. The highest BCUT2D eigenvalue weighted by molar-refractivity contribution is 5.98. The zero-order chi connectivity index (χ0) is 52.3. The Morgan fingerprint density at radius 3 is 2.21 bits per heavy atom. The van der Waals surface area contributed by atoms with Crippen molar-refractivity contribution >= 4 is 53.0 Å². The van der Waals surface area contributed by atoms with E-state index in [-0.39, 0.29) is 80.1 Å². The number of aromatic nitrogens is 1. The van der Waals surface area contributed by atoms with Crippen LogP contribution in [-0.4, -0.2) is 108 Å². The van der Waals surface area contributed by atoms with Crippen LogP contribution in [0.4, 0.5) is 20.1 Å². The number of benzene rings is 1. The van der Waals surface area contributed by atoms with Crippen molar-refractivity contribution in [3.05, 3.63) is 77.6 Å². The van der Waals surface area contributed by atoms with Crippen LogP contribution < -0.4 is 27.0 Å². The third kappa shape index (κ3) is 13.6. The fourth-order valence-corrected chi connectivity index (χ4v) is 11.5. The molecule has 0 spiro atoms. The van der Waals surface area contributed by atoms with Crippen LogP contribution in [0.15, 0.2) is 66.5 Å². The summed E-state index contributed by atoms with van der Waals surface area (Å²) >= 11 is 0. The van der Waals surface area contributed by atoms with Crippen LogP contribution in [-0.2, 0) is 35.3 Å². The van der Waals surface area contributed by atoms with Crippen LogP contribution in [0, 0.1) is 40.4 Å². The largest absolute Gasteiger partial charge is 0.446 e. The molecule has 0 unspecified atom stereocenters. The number of amides is 7. The number of primary amides is 1. The Hall–Kier alpha value is -6.26. The molecule has 6 N–H and O–H groups in total. The van der Waals surface area contributed by atoms with Crippen molar-refractivity contribution < 1.29 is 43.0 Å². The molecule has 7 amide bonds. The number of anilines is 1. The molecule has 1 heterocycles. The summed E-state index contributed by atoms with van der Waals surface area (Å²) in [6.07, 6.45) is 15.2. The smallest absolute Gasteiger partial charge is 0.409 e. The Labute approximate surface area is 425 Å². The summed E-state index contributed by atoms with van der Waals surface area (Å²) in [4.78, 5) is 96.7. The number of allylic oxidation sites excluding steroid dienone is 3. The highest BCUT2D eigenvalue weighted by Gasteiger charge is 2.57. The molecule has 0 saturated heterocycles. The van der Waals surface area contributed by atoms with E-state index < -0.39 is 48.0 Å². The minimum atomic E-state index is -1.04. The molecule has 8 atom stereocenters. The van der Waals surface area contributed by atoms with Crippen LogP contribution in [0.3, 0.4) is 0 Å². The summed E-state index contributed by atoms with van der Waals surface area (Å²) < 4.78 is 11.6. The van der Waals surface area contributed by atoms with Crippen LogP contribution in [0.1, 0.15) is 123 Å². The number of hydrogen-bond acceptors (Lipinski definition) is 10. The van der Waals surface area contributed by atoms with Crippen molar-refractivity contribution in [2.75, 3.05) is 39.0 Å². The van der Waals surface area contributed by atoms with Gasteiger partial charge >= 0.3 is 18.2 Å². The van der Waals surface area contributed by atoms with Crippen molar-refractivity contribution in [2.45, 2.75) is 137 Å². The Morgan fingerprint density at radius 2 is 1.54 bits per heavy atom. The van der Waals surface area contributed by atoms with Crippen molar-refractivity contribution in [2.24, 2.45) is 46.2 Å². The maximum absolute atomic E-state index is 13.6. The number of Topliss-reactive ketones (excluding diaryl/α,β-unsaturated/α-hetero) is 1. The van der Waals surface area contributed by atoms with Gasteiger partial charge in [-0.2, -0.15) is 0 Å². The second kappa shape index (κ2) is 24.4. The fourth-order valence-electron chi connectivity index (χ4n) is 11.5. The Bertz CT molecular complexity index is 2340. The zero-order valence-electron chi connectivity index (χ0n) is 43.6. The van der Waals surface area contributed by atoms with Crippen molar-refractivity contribution in [3.8, 4) is 0 Å². The molecule has 4 aliphatic rings. The lowest BCUT2D eigenvalue weighted by Crippen LogP contribution is -2.54. The second-order valence-corrected chi connectivity index (χ2v) is 21.5. The summed E-state index contributed by atoms with van der Waals surface area (Å²) in [6, 6.07) is 8.17. The van der Waals surface area contributed by atoms with E-state index in [1.165, 1.54) is 39.4 Å². The van der Waals surface area contributed by atoms with Gasteiger partial charge in [-0.05, 0) is 121 Å². The number of carbonyl (C=O) groups is 7. The minimum Gasteiger partial charge on any atom is -0.446 e. The summed E-state index contributed by atoms with van der Waals surface area (Å²) in [5, 5.41) is 10.7. The van der Waals surface area contributed by atoms with E-state index in [2.05, 4.69) is 58.3 Å². The van der Waals surface area contributed by atoms with Gasteiger partial charge in [-0.15, -0.1) is 0 Å². The number of nitrogens with zero attached hydrogens (tertiary/aromatic N) is 3. The molecule has 0 bridgehead atoms. The van der Waals surface area contributed by atoms with E-state index in [0.717, 1.165) is 32.1 Å². The van der Waals surface area contributed by atoms with Gasteiger partial charge in [-0.1, -0.05) is 77.5 Å². The molecule has 1 aromatic heterocycles. The highest BCUT2D eigenvalue weighted by Crippen LogP contribution is 2.66. The molecule has 0 aliphatic heterocycles. The second-order valence-electron chi connectivity index (χ2n) is 21.5. The van der Waals surface area contributed by atoms with E-state index in [1.807, 2.05) is 18.5 Å². The molecule has 1 aromatic carbocycles. The normalized spacial score (nSPS) is 23.9. The maximum Gasteiger partial charge on any atom is 0.409 e. The van der Waals surface area contributed by atoms with Gasteiger partial charge in [0.1, 0.15) is 30.6 Å². The number of fused-ring (bicyclic) bond motifs is 5. The molecular formula is C55H78N8O9. The third-order valence-corrected chi connectivity index (χ3v) is 16.0. The van der Waals surface area contributed by atoms with Crippen molar-refractivity contribution in [1.29, 1.82) is 0 Å². The summed E-state index contributed by atoms with van der Waals surface area (Å²) in [5.41, 5.74) is 10.7. The number of hydrogen-bond donors (Lipinski definition) is 5. The number of urea groups is 1. The molecule has 392 valence electrons. The van der Waals surface area contributed by atoms with E-state index >= 15 is 0 Å². The number of ether oxygens (including phenoxy) is 2. The Kier molecular flexibility index (Phi) is 18.7. The standard InChI is InChI=1S/C55H78N8O9/c1-34(2)46(64)21-22-47(65)61-48(35(3)4)50(67)60-45(12-10-28-58-51(56)68)49(66)59-39-16-13-36(14-17-39)33-71-52(69)62(7)29-30-63(8)53(70)72-40-23-25-54(5)38(31-40)15-18-41-43-20-19-42(37-11-9-27-57-32-37)55(43,6)26-24-44(41)54/h9,11,13-17,19,27,32,34-35,40-41,43-45,48H,10,12,18,20-26,28-31,33H2,1-8H3,(H,59,66)(H,60,67)(H,61,65)(H3,56,58,68)/t40-,41-,43-,44-,45-,48-,54-,55+/m0/s1. The van der Waals surface area contributed by atoms with E-state index in [0.29, 0.717) is 35.4 Å². The van der Waals surface area contributed by atoms with Gasteiger partial charge in [-0.3, -0.25) is 24.2 Å². The molecule has 17 nitrogen and oxygen atoms in total. The topological polar surface area (TPSA) is 231 Å². The van der Waals surface area contributed by atoms with E-state index in [1.54, 1.807) is 66.1 Å². The van der Waals surface area contributed by atoms with Gasteiger partial charge in [0.05, 0.1) is 0 Å². The molecule has 4 aliphatic carbocycles. The predicted molar refractivity (Wildman–Crippen MR) is 275 cm³/mol. The number of rotatable bonds is 21. The lowest BCUT2D eigenvalue weighted by molar-refractivity contribution is -0.132. The Balaban J connectivity index is 0.932. The minimum absolute atomic E-state index is 0.0455. The SMILES string of the molecule is CC(C)C(=O)CCC(=O)N[C@H](C(=O)N[C@@H](CCCNC(N)=O)C(=O)Nc1ccc(COC(=O)N(C)CCN(C)C(=O)O[C@H]2CC[C@@]3(C)C(=CC[C@@H]4[C@@H]3CC[C@]3(C)C(c5cccnc5)=CC[C@@H]43)C2)cc1)C(C)C. The lowest BCUT2D eigenvalue weighted by Gasteiger charge is -2.57. The molecule has 6 rings (SSSR count).